The number of benzene rings is 2. The number of hydrogen-bond acceptors (Lipinski definition) is 9. The van der Waals surface area contributed by atoms with Gasteiger partial charge in [-0.2, -0.15) is 0 Å². The van der Waals surface area contributed by atoms with Gasteiger partial charge in [0.05, 0.1) is 42.5 Å². The van der Waals surface area contributed by atoms with Crippen molar-refractivity contribution in [2.24, 2.45) is 0 Å². The molecule has 2 aromatic heterocycles. The van der Waals surface area contributed by atoms with Gasteiger partial charge in [0.25, 0.3) is 5.91 Å². The molecule has 1 aliphatic rings. The lowest BCUT2D eigenvalue weighted by Crippen LogP contribution is -2.29. The normalized spacial score (nSPS) is 14.5. The van der Waals surface area contributed by atoms with E-state index in [1.807, 2.05) is 26.8 Å². The SMILES string of the molecule is CCOC(=O)c1sc(N2C(=O)c3oc4ccc(C)cc4c(=O)c3C2c2ccc(OCC)c(OCC)c2)nc1C. The number of aromatic nitrogens is 1. The summed E-state index contributed by atoms with van der Waals surface area (Å²) in [6.45, 7) is 10.1. The number of ether oxygens (including phenoxy) is 3. The van der Waals surface area contributed by atoms with E-state index in [2.05, 4.69) is 4.98 Å². The minimum absolute atomic E-state index is 0.0567. The van der Waals surface area contributed by atoms with E-state index in [0.29, 0.717) is 46.9 Å². The molecule has 3 heterocycles. The fourth-order valence-corrected chi connectivity index (χ4v) is 5.70. The number of amides is 1. The van der Waals surface area contributed by atoms with Crippen molar-refractivity contribution in [3.63, 3.8) is 0 Å². The summed E-state index contributed by atoms with van der Waals surface area (Å²) in [7, 11) is 0. The first kappa shape index (κ1) is 26.4. The Morgan fingerprint density at radius 1 is 1.00 bits per heavy atom. The van der Waals surface area contributed by atoms with Gasteiger partial charge in [0, 0.05) is 0 Å². The molecule has 1 aliphatic heterocycles. The Hall–Kier alpha value is -4.18. The Kier molecular flexibility index (Phi) is 7.14. The van der Waals surface area contributed by atoms with Crippen LogP contribution in [-0.4, -0.2) is 36.7 Å². The molecular formula is C29H28N2O7S. The van der Waals surface area contributed by atoms with E-state index in [0.717, 1.165) is 16.9 Å². The van der Waals surface area contributed by atoms with Crippen LogP contribution in [0.25, 0.3) is 11.0 Å². The van der Waals surface area contributed by atoms with Gasteiger partial charge >= 0.3 is 5.97 Å². The Morgan fingerprint density at radius 2 is 1.74 bits per heavy atom. The van der Waals surface area contributed by atoms with Crippen molar-refractivity contribution in [2.75, 3.05) is 24.7 Å². The number of carbonyl (C=O) groups excluding carboxylic acids is 2. The molecule has 0 aliphatic carbocycles. The van der Waals surface area contributed by atoms with E-state index in [-0.39, 0.29) is 33.4 Å². The average molecular weight is 549 g/mol. The van der Waals surface area contributed by atoms with Crippen LogP contribution in [0.4, 0.5) is 5.13 Å². The molecule has 2 aromatic carbocycles. The number of fused-ring (bicyclic) bond motifs is 2. The van der Waals surface area contributed by atoms with Crippen molar-refractivity contribution in [1.82, 2.24) is 4.98 Å². The molecule has 4 aromatic rings. The zero-order chi connectivity index (χ0) is 27.8. The van der Waals surface area contributed by atoms with Crippen LogP contribution in [0.15, 0.2) is 45.6 Å². The van der Waals surface area contributed by atoms with Crippen molar-refractivity contribution in [3.05, 3.63) is 79.6 Å². The van der Waals surface area contributed by atoms with Crippen molar-refractivity contribution in [1.29, 1.82) is 0 Å². The molecule has 0 bridgehead atoms. The Morgan fingerprint density at radius 3 is 2.46 bits per heavy atom. The van der Waals surface area contributed by atoms with E-state index in [1.165, 1.54) is 4.90 Å². The van der Waals surface area contributed by atoms with E-state index >= 15 is 0 Å². The maximum absolute atomic E-state index is 13.9. The Bertz CT molecular complexity index is 1660. The predicted octanol–water partition coefficient (Wildman–Crippen LogP) is 5.59. The molecule has 202 valence electrons. The summed E-state index contributed by atoms with van der Waals surface area (Å²) in [6, 6.07) is 9.71. The van der Waals surface area contributed by atoms with Gasteiger partial charge in [0.1, 0.15) is 10.5 Å². The highest BCUT2D eigenvalue weighted by molar-refractivity contribution is 7.17. The van der Waals surface area contributed by atoms with E-state index in [9.17, 15) is 14.4 Å². The molecule has 0 radical (unpaired) electrons. The second-order valence-corrected chi connectivity index (χ2v) is 9.93. The molecule has 0 spiro atoms. The highest BCUT2D eigenvalue weighted by Crippen LogP contribution is 2.45. The van der Waals surface area contributed by atoms with Crippen LogP contribution >= 0.6 is 11.3 Å². The summed E-state index contributed by atoms with van der Waals surface area (Å²) in [4.78, 5) is 46.7. The molecule has 10 heteroatoms. The number of esters is 1. The zero-order valence-corrected chi connectivity index (χ0v) is 23.1. The van der Waals surface area contributed by atoms with Crippen LogP contribution in [0.5, 0.6) is 11.5 Å². The maximum Gasteiger partial charge on any atom is 0.350 e. The highest BCUT2D eigenvalue weighted by Gasteiger charge is 2.45. The average Bonchev–Trinajstić information content (AvgIpc) is 3.43. The van der Waals surface area contributed by atoms with Gasteiger partial charge in [-0.25, -0.2) is 9.78 Å². The van der Waals surface area contributed by atoms with Crippen molar-refractivity contribution in [2.45, 2.75) is 40.7 Å². The molecule has 1 unspecified atom stereocenters. The van der Waals surface area contributed by atoms with Gasteiger partial charge < -0.3 is 18.6 Å². The lowest BCUT2D eigenvalue weighted by Gasteiger charge is -2.23. The van der Waals surface area contributed by atoms with Gasteiger partial charge in [-0.1, -0.05) is 29.0 Å². The first-order chi connectivity index (χ1) is 18.8. The summed E-state index contributed by atoms with van der Waals surface area (Å²) in [6.07, 6.45) is 0. The first-order valence-electron chi connectivity index (χ1n) is 12.7. The smallest absolute Gasteiger partial charge is 0.350 e. The van der Waals surface area contributed by atoms with E-state index in [4.69, 9.17) is 18.6 Å². The lowest BCUT2D eigenvalue weighted by molar-refractivity contribution is 0.0531. The third kappa shape index (κ3) is 4.54. The Balaban J connectivity index is 1.75. The molecule has 1 amide bonds. The van der Waals surface area contributed by atoms with Crippen LogP contribution in [0, 0.1) is 13.8 Å². The monoisotopic (exact) mass is 548 g/mol. The minimum atomic E-state index is -0.871. The van der Waals surface area contributed by atoms with E-state index < -0.39 is 17.9 Å². The second kappa shape index (κ2) is 10.5. The number of thiazole rings is 1. The third-order valence-electron chi connectivity index (χ3n) is 6.36. The van der Waals surface area contributed by atoms with Crippen LogP contribution in [0.2, 0.25) is 0 Å². The topological polar surface area (TPSA) is 108 Å². The number of carbonyl (C=O) groups is 2. The Labute approximate surface area is 228 Å². The van der Waals surface area contributed by atoms with Crippen molar-refractivity contribution < 1.29 is 28.2 Å². The van der Waals surface area contributed by atoms with Crippen molar-refractivity contribution >= 4 is 39.3 Å². The summed E-state index contributed by atoms with van der Waals surface area (Å²) >= 11 is 1.04. The molecule has 5 rings (SSSR count). The number of nitrogens with zero attached hydrogens (tertiary/aromatic N) is 2. The number of hydrogen-bond donors (Lipinski definition) is 0. The predicted molar refractivity (Wildman–Crippen MR) is 147 cm³/mol. The molecule has 39 heavy (non-hydrogen) atoms. The molecule has 0 fully saturated rings. The number of anilines is 1. The van der Waals surface area contributed by atoms with Crippen molar-refractivity contribution in [3.8, 4) is 11.5 Å². The summed E-state index contributed by atoms with van der Waals surface area (Å²) in [5, 5.41) is 0.635. The standard InChI is InChI=1S/C29H28N2O7S/c1-6-35-20-12-10-17(14-21(20)36-7-2)23-22-24(32)18-13-15(4)9-11-19(18)38-25(22)27(33)31(23)29-30-16(5)26(39-29)28(34)37-8-3/h9-14,23H,6-8H2,1-5H3. The van der Waals surface area contributed by atoms with E-state index in [1.54, 1.807) is 44.2 Å². The molecule has 9 nitrogen and oxygen atoms in total. The molecule has 1 atom stereocenters. The number of aryl methyl sites for hydroxylation is 2. The third-order valence-corrected chi connectivity index (χ3v) is 7.50. The van der Waals surface area contributed by atoms with Gasteiger partial charge in [0.15, 0.2) is 22.1 Å². The molecular weight excluding hydrogens is 520 g/mol. The van der Waals surface area contributed by atoms with Crippen LogP contribution in [-0.2, 0) is 4.74 Å². The van der Waals surface area contributed by atoms with Crippen LogP contribution in [0.3, 0.4) is 0 Å². The largest absolute Gasteiger partial charge is 0.490 e. The summed E-state index contributed by atoms with van der Waals surface area (Å²) in [5.74, 6) is -0.0600. The van der Waals surface area contributed by atoms with Gasteiger partial charge in [-0.3, -0.25) is 14.5 Å². The summed E-state index contributed by atoms with van der Waals surface area (Å²) < 4.78 is 22.8. The molecule has 0 N–H and O–H groups in total. The zero-order valence-electron chi connectivity index (χ0n) is 22.3. The molecule has 0 saturated carbocycles. The maximum atomic E-state index is 13.9. The minimum Gasteiger partial charge on any atom is -0.490 e. The fraction of sp³-hybridized carbons (Fsp3) is 0.310. The number of rotatable bonds is 8. The van der Waals surface area contributed by atoms with Gasteiger partial charge in [-0.15, -0.1) is 0 Å². The van der Waals surface area contributed by atoms with Gasteiger partial charge in [-0.05, 0) is 64.4 Å². The lowest BCUT2D eigenvalue weighted by atomic mass is 9.98. The van der Waals surface area contributed by atoms with Crippen LogP contribution in [0.1, 0.15) is 69.4 Å². The second-order valence-electron chi connectivity index (χ2n) is 8.95. The first-order valence-corrected chi connectivity index (χ1v) is 13.6. The quantitative estimate of drug-likeness (QED) is 0.262. The fourth-order valence-electron chi connectivity index (χ4n) is 4.71. The van der Waals surface area contributed by atoms with Crippen LogP contribution < -0.4 is 19.8 Å². The molecule has 0 saturated heterocycles. The summed E-state index contributed by atoms with van der Waals surface area (Å²) in [5.41, 5.74) is 2.15. The highest BCUT2D eigenvalue weighted by atomic mass is 32.1. The van der Waals surface area contributed by atoms with Gasteiger partial charge in [0.2, 0.25) is 5.76 Å².